The van der Waals surface area contributed by atoms with E-state index in [4.69, 9.17) is 28.7 Å². The lowest BCUT2D eigenvalue weighted by Crippen LogP contribution is -2.01. The highest BCUT2D eigenvalue weighted by Gasteiger charge is 2.22. The Morgan fingerprint density at radius 2 is 0.830 bits per heavy atom. The molecule has 53 heavy (non-hydrogen) atoms. The lowest BCUT2D eigenvalue weighted by molar-refractivity contribution is 1.08. The van der Waals surface area contributed by atoms with E-state index in [1.54, 1.807) is 0 Å². The van der Waals surface area contributed by atoms with Crippen molar-refractivity contribution in [3.8, 4) is 67.7 Å². The molecule has 0 bridgehead atoms. The monoisotopic (exact) mass is 696 g/mol. The normalized spacial score (nSPS) is 11.4. The first-order valence-electron chi connectivity index (χ1n) is 17.4. The van der Waals surface area contributed by atoms with E-state index in [0.717, 1.165) is 82.9 Å². The molecule has 248 valence electrons. The van der Waals surface area contributed by atoms with E-state index in [1.807, 2.05) is 72.8 Å². The molecule has 0 saturated carbocycles. The summed E-state index contributed by atoms with van der Waals surface area (Å²) in [6.07, 6.45) is 0. The molecule has 0 aliphatic carbocycles. The minimum absolute atomic E-state index is 0.520. The van der Waals surface area contributed by atoms with E-state index in [0.29, 0.717) is 17.5 Å². The second kappa shape index (κ2) is 13.0. The predicted molar refractivity (Wildman–Crippen MR) is 216 cm³/mol. The Labute approximate surface area is 309 Å². The van der Waals surface area contributed by atoms with E-state index < -0.39 is 0 Å². The van der Waals surface area contributed by atoms with Gasteiger partial charge in [-0.1, -0.05) is 140 Å². The van der Waals surface area contributed by atoms with Gasteiger partial charge in [-0.15, -0.1) is 0 Å². The van der Waals surface area contributed by atoms with Crippen LogP contribution in [0.2, 0.25) is 0 Å². The smallest absolute Gasteiger partial charge is 0.166 e. The van der Waals surface area contributed by atoms with Gasteiger partial charge in [0.25, 0.3) is 0 Å². The number of hydrogen-bond donors (Lipinski definition) is 0. The average molecular weight is 697 g/mol. The van der Waals surface area contributed by atoms with Gasteiger partial charge in [0.15, 0.2) is 17.5 Å². The number of pyridine rings is 1. The molecular formula is C46H28N6S. The van der Waals surface area contributed by atoms with Crippen molar-refractivity contribution in [2.45, 2.75) is 0 Å². The molecule has 0 radical (unpaired) electrons. The summed E-state index contributed by atoms with van der Waals surface area (Å²) in [5.74, 6) is 1.67. The zero-order valence-electron chi connectivity index (χ0n) is 28.3. The third-order valence-corrected chi connectivity index (χ3v) is 10.1. The van der Waals surface area contributed by atoms with Crippen molar-refractivity contribution in [3.63, 3.8) is 0 Å². The summed E-state index contributed by atoms with van der Waals surface area (Å²) in [6, 6.07) is 58.1. The van der Waals surface area contributed by atoms with Crippen LogP contribution >= 0.6 is 11.7 Å². The van der Waals surface area contributed by atoms with Crippen molar-refractivity contribution in [1.29, 1.82) is 0 Å². The standard InChI is InChI=1S/C46H28N6S/c1-5-15-29(16-6-1)33-25-34(30-17-7-2-8-18-30)27-35(26-33)45-48-44(32-21-11-4-12-22-32)49-46(50-45)38-28-37-40(43-42(38)51-53-52-43)36-23-13-14-24-39(36)47-41(37)31-19-9-3-10-20-31/h1-28H. The van der Waals surface area contributed by atoms with Gasteiger partial charge < -0.3 is 0 Å². The number of benzene rings is 7. The summed E-state index contributed by atoms with van der Waals surface area (Å²) < 4.78 is 9.78. The Morgan fingerprint density at radius 1 is 0.340 bits per heavy atom. The lowest BCUT2D eigenvalue weighted by Gasteiger charge is -2.14. The summed E-state index contributed by atoms with van der Waals surface area (Å²) in [4.78, 5) is 20.8. The van der Waals surface area contributed by atoms with Gasteiger partial charge in [0.05, 0.1) is 22.9 Å². The second-order valence-corrected chi connectivity index (χ2v) is 13.4. The Balaban J connectivity index is 1.27. The molecule has 7 heteroatoms. The third kappa shape index (κ3) is 5.60. The molecule has 0 N–H and O–H groups in total. The highest BCUT2D eigenvalue weighted by atomic mass is 32.1. The van der Waals surface area contributed by atoms with Crippen LogP contribution in [0.3, 0.4) is 0 Å². The van der Waals surface area contributed by atoms with Crippen molar-refractivity contribution in [2.24, 2.45) is 0 Å². The summed E-state index contributed by atoms with van der Waals surface area (Å²) in [5.41, 5.74) is 11.3. The molecule has 6 nitrogen and oxygen atoms in total. The molecule has 0 aliphatic heterocycles. The van der Waals surface area contributed by atoms with Crippen molar-refractivity contribution in [2.75, 3.05) is 0 Å². The van der Waals surface area contributed by atoms with Crippen LogP contribution in [0.25, 0.3) is 100 Å². The van der Waals surface area contributed by atoms with Gasteiger partial charge >= 0.3 is 0 Å². The number of hydrogen-bond acceptors (Lipinski definition) is 7. The van der Waals surface area contributed by atoms with Gasteiger partial charge in [0.1, 0.15) is 11.0 Å². The Hall–Kier alpha value is -6.96. The summed E-state index contributed by atoms with van der Waals surface area (Å²) >= 11 is 1.20. The van der Waals surface area contributed by atoms with Crippen LogP contribution in [-0.2, 0) is 0 Å². The first-order valence-corrected chi connectivity index (χ1v) is 18.1. The third-order valence-electron chi connectivity index (χ3n) is 9.56. The first-order chi connectivity index (χ1) is 26.3. The molecule has 3 heterocycles. The maximum atomic E-state index is 5.26. The van der Waals surface area contributed by atoms with E-state index in [2.05, 4.69) is 97.1 Å². The molecule has 0 saturated heterocycles. The number of rotatable bonds is 6. The molecule has 0 spiro atoms. The van der Waals surface area contributed by atoms with Crippen molar-refractivity contribution in [3.05, 3.63) is 170 Å². The van der Waals surface area contributed by atoms with Crippen LogP contribution in [0.1, 0.15) is 0 Å². The van der Waals surface area contributed by atoms with Crippen LogP contribution in [0, 0.1) is 0 Å². The molecule has 0 atom stereocenters. The summed E-state index contributed by atoms with van der Waals surface area (Å²) in [5, 5.41) is 3.01. The zero-order chi connectivity index (χ0) is 35.1. The topological polar surface area (TPSA) is 77.3 Å². The molecule has 10 rings (SSSR count). The van der Waals surface area contributed by atoms with E-state index in [1.165, 1.54) is 11.7 Å². The van der Waals surface area contributed by atoms with Crippen molar-refractivity contribution < 1.29 is 0 Å². The van der Waals surface area contributed by atoms with Crippen LogP contribution in [0.5, 0.6) is 0 Å². The Morgan fingerprint density at radius 3 is 1.47 bits per heavy atom. The van der Waals surface area contributed by atoms with Crippen molar-refractivity contribution >= 4 is 44.4 Å². The fourth-order valence-electron chi connectivity index (χ4n) is 7.04. The predicted octanol–water partition coefficient (Wildman–Crippen LogP) is 11.6. The number of fused-ring (bicyclic) bond motifs is 5. The minimum atomic E-state index is 0.520. The molecule has 0 unspecified atom stereocenters. The maximum Gasteiger partial charge on any atom is 0.166 e. The Bertz CT molecular complexity index is 2870. The molecule has 7 aromatic carbocycles. The zero-order valence-corrected chi connectivity index (χ0v) is 29.1. The van der Waals surface area contributed by atoms with E-state index >= 15 is 0 Å². The molecule has 0 aliphatic rings. The molecule has 0 amide bonds. The number of aromatic nitrogens is 6. The van der Waals surface area contributed by atoms with Crippen LogP contribution < -0.4 is 0 Å². The second-order valence-electron chi connectivity index (χ2n) is 12.9. The van der Waals surface area contributed by atoms with Gasteiger partial charge in [-0.05, 0) is 52.6 Å². The Kier molecular flexibility index (Phi) is 7.55. The van der Waals surface area contributed by atoms with E-state index in [9.17, 15) is 0 Å². The van der Waals surface area contributed by atoms with Gasteiger partial charge in [0.2, 0.25) is 0 Å². The fraction of sp³-hybridized carbons (Fsp3) is 0. The molecular weight excluding hydrogens is 669 g/mol. The van der Waals surface area contributed by atoms with Gasteiger partial charge in [-0.2, -0.15) is 8.75 Å². The maximum absolute atomic E-state index is 5.26. The minimum Gasteiger partial charge on any atom is -0.247 e. The SMILES string of the molecule is c1ccc(-c2cc(-c3ccccc3)cc(-c3nc(-c4ccccc4)nc(-c4cc5c(-c6ccccc6)nc6ccccc6c5c5nsnc45)n3)c2)cc1. The molecule has 0 fully saturated rings. The quantitative estimate of drug-likeness (QED) is 0.161. The van der Waals surface area contributed by atoms with Crippen LogP contribution in [-0.4, -0.2) is 28.7 Å². The lowest BCUT2D eigenvalue weighted by atomic mass is 9.95. The van der Waals surface area contributed by atoms with Crippen LogP contribution in [0.15, 0.2) is 170 Å². The fourth-order valence-corrected chi connectivity index (χ4v) is 7.61. The van der Waals surface area contributed by atoms with Crippen molar-refractivity contribution in [1.82, 2.24) is 28.7 Å². The summed E-state index contributed by atoms with van der Waals surface area (Å²) in [7, 11) is 0. The van der Waals surface area contributed by atoms with Crippen LogP contribution in [0.4, 0.5) is 0 Å². The average Bonchev–Trinajstić information content (AvgIpc) is 3.74. The number of nitrogens with zero attached hydrogens (tertiary/aromatic N) is 6. The first kappa shape index (κ1) is 30.8. The van der Waals surface area contributed by atoms with Gasteiger partial charge in [-0.25, -0.2) is 19.9 Å². The molecule has 10 aromatic rings. The number of para-hydroxylation sites is 1. The van der Waals surface area contributed by atoms with Gasteiger partial charge in [0, 0.05) is 38.4 Å². The van der Waals surface area contributed by atoms with Gasteiger partial charge in [-0.3, -0.25) is 0 Å². The highest BCUT2D eigenvalue weighted by molar-refractivity contribution is 7.00. The molecule has 3 aromatic heterocycles. The van der Waals surface area contributed by atoms with E-state index in [-0.39, 0.29) is 0 Å². The highest BCUT2D eigenvalue weighted by Crippen LogP contribution is 2.41. The largest absolute Gasteiger partial charge is 0.247 e. The summed E-state index contributed by atoms with van der Waals surface area (Å²) in [6.45, 7) is 0.